The first kappa shape index (κ1) is 16.1. The van der Waals surface area contributed by atoms with Crippen LogP contribution in [0.3, 0.4) is 0 Å². The molecule has 0 spiro atoms. The summed E-state index contributed by atoms with van der Waals surface area (Å²) >= 11 is 0. The Hall–Kier alpha value is -1.23. The second-order valence-corrected chi connectivity index (χ2v) is 5.66. The third kappa shape index (κ3) is 3.90. The first-order valence-corrected chi connectivity index (χ1v) is 7.44. The smallest absolute Gasteiger partial charge is 0.162 e. The van der Waals surface area contributed by atoms with Crippen LogP contribution in [-0.4, -0.2) is 31.9 Å². The molecule has 2 rings (SSSR count). The van der Waals surface area contributed by atoms with Gasteiger partial charge in [0.25, 0.3) is 0 Å². The van der Waals surface area contributed by atoms with E-state index in [9.17, 15) is 4.79 Å². The highest BCUT2D eigenvalue weighted by molar-refractivity contribution is 5.50. The summed E-state index contributed by atoms with van der Waals surface area (Å²) in [7, 11) is 1.63. The summed E-state index contributed by atoms with van der Waals surface area (Å²) < 4.78 is 17.4. The highest BCUT2D eigenvalue weighted by Crippen LogP contribution is 2.34. The maximum atomic E-state index is 10.8. The first-order valence-electron chi connectivity index (χ1n) is 7.44. The quantitative estimate of drug-likeness (QED) is 0.756. The predicted molar refractivity (Wildman–Crippen MR) is 79.7 cm³/mol. The summed E-state index contributed by atoms with van der Waals surface area (Å²) in [5, 5.41) is 0. The van der Waals surface area contributed by atoms with Crippen molar-refractivity contribution in [2.45, 2.75) is 45.4 Å². The lowest BCUT2D eigenvalue weighted by molar-refractivity contribution is -0.261. The lowest BCUT2D eigenvalue weighted by Crippen LogP contribution is -2.50. The van der Waals surface area contributed by atoms with Gasteiger partial charge in [-0.3, -0.25) is 0 Å². The molecule has 21 heavy (non-hydrogen) atoms. The second-order valence-electron chi connectivity index (χ2n) is 5.66. The number of ether oxygens (including phenoxy) is 3. The number of benzene rings is 1. The van der Waals surface area contributed by atoms with Crippen LogP contribution in [0.2, 0.25) is 0 Å². The zero-order valence-corrected chi connectivity index (χ0v) is 12.9. The van der Waals surface area contributed by atoms with Crippen molar-refractivity contribution in [3.8, 4) is 0 Å². The number of hydrogen-bond acceptors (Lipinski definition) is 4. The Morgan fingerprint density at radius 1 is 1.19 bits per heavy atom. The predicted octanol–water partition coefficient (Wildman–Crippen LogP) is 2.80. The Morgan fingerprint density at radius 2 is 1.90 bits per heavy atom. The molecular weight excluding hydrogens is 268 g/mol. The second kappa shape index (κ2) is 7.69. The molecule has 0 N–H and O–H groups in total. The fourth-order valence-electron chi connectivity index (χ4n) is 2.97. The molecule has 1 fully saturated rings. The fourth-order valence-corrected chi connectivity index (χ4v) is 2.97. The summed E-state index contributed by atoms with van der Waals surface area (Å²) in [5.74, 6) is 0.275. The number of carbonyl (C=O) groups excluding carboxylic acids is 1. The average Bonchev–Trinajstić information content (AvgIpc) is 2.51. The van der Waals surface area contributed by atoms with E-state index in [-0.39, 0.29) is 30.3 Å². The Bertz CT molecular complexity index is 434. The molecule has 1 aromatic rings. The molecule has 0 bridgehead atoms. The molecule has 5 atom stereocenters. The SMILES string of the molecule is CO[C@H]1O[C@H](CC=O)[C@H](C)[C@H](OCc2ccccc2)[C@H]1C. The fraction of sp³-hybridized carbons (Fsp3) is 0.588. The third-order valence-electron chi connectivity index (χ3n) is 4.21. The van der Waals surface area contributed by atoms with E-state index >= 15 is 0 Å². The zero-order chi connectivity index (χ0) is 15.2. The Morgan fingerprint density at radius 3 is 2.52 bits per heavy atom. The number of rotatable bonds is 6. The van der Waals surface area contributed by atoms with Gasteiger partial charge in [-0.2, -0.15) is 0 Å². The van der Waals surface area contributed by atoms with Crippen LogP contribution in [0.1, 0.15) is 25.8 Å². The van der Waals surface area contributed by atoms with Crippen molar-refractivity contribution < 1.29 is 19.0 Å². The molecule has 1 heterocycles. The van der Waals surface area contributed by atoms with Crippen molar-refractivity contribution in [1.29, 1.82) is 0 Å². The Kier molecular flexibility index (Phi) is 5.91. The maximum absolute atomic E-state index is 10.8. The molecule has 0 unspecified atom stereocenters. The van der Waals surface area contributed by atoms with Crippen LogP contribution in [0.15, 0.2) is 30.3 Å². The number of hydrogen-bond donors (Lipinski definition) is 0. The molecule has 116 valence electrons. The van der Waals surface area contributed by atoms with Gasteiger partial charge < -0.3 is 19.0 Å². The topological polar surface area (TPSA) is 44.8 Å². The third-order valence-corrected chi connectivity index (χ3v) is 4.21. The number of aldehydes is 1. The molecule has 4 nitrogen and oxygen atoms in total. The average molecular weight is 292 g/mol. The van der Waals surface area contributed by atoms with Crippen molar-refractivity contribution in [3.05, 3.63) is 35.9 Å². The summed E-state index contributed by atoms with van der Waals surface area (Å²) in [6.45, 7) is 4.70. The molecule has 1 aromatic carbocycles. The molecule has 1 aliphatic heterocycles. The highest BCUT2D eigenvalue weighted by Gasteiger charge is 2.42. The summed E-state index contributed by atoms with van der Waals surface area (Å²) in [4.78, 5) is 10.8. The van der Waals surface area contributed by atoms with E-state index in [1.165, 1.54) is 0 Å². The van der Waals surface area contributed by atoms with Gasteiger partial charge in [0, 0.05) is 25.4 Å². The summed E-state index contributed by atoms with van der Waals surface area (Å²) in [6.07, 6.45) is 0.807. The van der Waals surface area contributed by atoms with E-state index in [0.29, 0.717) is 13.0 Å². The van der Waals surface area contributed by atoms with Gasteiger partial charge in [0.05, 0.1) is 18.8 Å². The zero-order valence-electron chi connectivity index (χ0n) is 12.9. The standard InChI is InChI=1S/C17H24O4/c1-12-15(9-10-18)21-17(19-3)13(2)16(12)20-11-14-7-5-4-6-8-14/h4-8,10,12-13,15-17H,9,11H2,1-3H3/t12-,13+,15+,16-,17-/m0/s1. The number of methoxy groups -OCH3 is 1. The van der Waals surface area contributed by atoms with E-state index in [4.69, 9.17) is 14.2 Å². The maximum Gasteiger partial charge on any atom is 0.162 e. The van der Waals surface area contributed by atoms with Crippen molar-refractivity contribution in [1.82, 2.24) is 0 Å². The van der Waals surface area contributed by atoms with E-state index in [0.717, 1.165) is 11.8 Å². The molecule has 1 aliphatic rings. The lowest BCUT2D eigenvalue weighted by atomic mass is 9.84. The van der Waals surface area contributed by atoms with Crippen molar-refractivity contribution in [2.24, 2.45) is 11.8 Å². The minimum absolute atomic E-state index is 0.00820. The van der Waals surface area contributed by atoms with Crippen molar-refractivity contribution in [3.63, 3.8) is 0 Å². The molecule has 0 amide bonds. The number of carbonyl (C=O) groups is 1. The molecular formula is C17H24O4. The van der Waals surface area contributed by atoms with Gasteiger partial charge in [-0.25, -0.2) is 0 Å². The van der Waals surface area contributed by atoms with Crippen LogP contribution >= 0.6 is 0 Å². The summed E-state index contributed by atoms with van der Waals surface area (Å²) in [6, 6.07) is 10.1. The van der Waals surface area contributed by atoms with E-state index in [2.05, 4.69) is 13.8 Å². The minimum Gasteiger partial charge on any atom is -0.373 e. The van der Waals surface area contributed by atoms with Crippen LogP contribution < -0.4 is 0 Å². The molecule has 4 heteroatoms. The van der Waals surface area contributed by atoms with Crippen LogP contribution in [0, 0.1) is 11.8 Å². The van der Waals surface area contributed by atoms with Crippen LogP contribution in [0.4, 0.5) is 0 Å². The van der Waals surface area contributed by atoms with Gasteiger partial charge in [-0.1, -0.05) is 44.2 Å². The lowest BCUT2D eigenvalue weighted by Gasteiger charge is -2.43. The highest BCUT2D eigenvalue weighted by atomic mass is 16.7. The normalized spacial score (nSPS) is 32.8. The molecule has 0 saturated carbocycles. The van der Waals surface area contributed by atoms with Gasteiger partial charge >= 0.3 is 0 Å². The van der Waals surface area contributed by atoms with Crippen LogP contribution in [0.5, 0.6) is 0 Å². The monoisotopic (exact) mass is 292 g/mol. The van der Waals surface area contributed by atoms with Crippen LogP contribution in [-0.2, 0) is 25.6 Å². The molecule has 0 radical (unpaired) electrons. The Labute approximate surface area is 126 Å². The minimum atomic E-state index is -0.327. The van der Waals surface area contributed by atoms with E-state index in [1.54, 1.807) is 7.11 Å². The van der Waals surface area contributed by atoms with Crippen LogP contribution in [0.25, 0.3) is 0 Å². The van der Waals surface area contributed by atoms with E-state index < -0.39 is 0 Å². The van der Waals surface area contributed by atoms with Gasteiger partial charge in [0.2, 0.25) is 0 Å². The van der Waals surface area contributed by atoms with Crippen molar-refractivity contribution >= 4 is 6.29 Å². The van der Waals surface area contributed by atoms with Gasteiger partial charge in [-0.05, 0) is 5.56 Å². The summed E-state index contributed by atoms with van der Waals surface area (Å²) in [5.41, 5.74) is 1.14. The Balaban J connectivity index is 2.04. The molecule has 0 aliphatic carbocycles. The molecule has 1 saturated heterocycles. The van der Waals surface area contributed by atoms with E-state index in [1.807, 2.05) is 30.3 Å². The van der Waals surface area contributed by atoms with Gasteiger partial charge in [0.15, 0.2) is 6.29 Å². The first-order chi connectivity index (χ1) is 10.2. The van der Waals surface area contributed by atoms with Gasteiger partial charge in [-0.15, -0.1) is 0 Å². The van der Waals surface area contributed by atoms with Gasteiger partial charge in [0.1, 0.15) is 6.29 Å². The largest absolute Gasteiger partial charge is 0.373 e. The van der Waals surface area contributed by atoms with Crippen molar-refractivity contribution in [2.75, 3.05) is 7.11 Å². The molecule has 0 aromatic heterocycles.